The van der Waals surface area contributed by atoms with Crippen molar-refractivity contribution in [1.82, 2.24) is 4.90 Å². The number of rotatable bonds is 5. The summed E-state index contributed by atoms with van der Waals surface area (Å²) in [5, 5.41) is 0. The van der Waals surface area contributed by atoms with Crippen molar-refractivity contribution in [3.05, 3.63) is 29.8 Å². The van der Waals surface area contributed by atoms with Gasteiger partial charge in [-0.25, -0.2) is 0 Å². The second-order valence-electron chi connectivity index (χ2n) is 5.76. The molecule has 0 aliphatic carbocycles. The highest BCUT2D eigenvalue weighted by molar-refractivity contribution is 5.81. The molecule has 1 aromatic carbocycles. The molecule has 1 amide bonds. The Kier molecular flexibility index (Phi) is 5.62. The van der Waals surface area contributed by atoms with Crippen LogP contribution in [0.25, 0.3) is 0 Å². The zero-order chi connectivity index (χ0) is 15.2. The van der Waals surface area contributed by atoms with Gasteiger partial charge in [0.15, 0.2) is 6.10 Å². The van der Waals surface area contributed by atoms with Gasteiger partial charge in [-0.1, -0.05) is 24.6 Å². The van der Waals surface area contributed by atoms with Gasteiger partial charge in [-0.15, -0.1) is 0 Å². The van der Waals surface area contributed by atoms with Crippen molar-refractivity contribution in [1.29, 1.82) is 0 Å². The van der Waals surface area contributed by atoms with E-state index in [0.717, 1.165) is 38.5 Å². The SMILES string of the molecule is CC[C@H](Oc1ccc(C)cc1)C(=O)N1CC[NH+](CC)CC1. The maximum Gasteiger partial charge on any atom is 0.264 e. The monoisotopic (exact) mass is 291 g/mol. The van der Waals surface area contributed by atoms with E-state index in [4.69, 9.17) is 4.74 Å². The van der Waals surface area contributed by atoms with E-state index in [2.05, 4.69) is 6.92 Å². The van der Waals surface area contributed by atoms with Crippen LogP contribution >= 0.6 is 0 Å². The molecule has 2 rings (SSSR count). The number of quaternary nitrogens is 1. The van der Waals surface area contributed by atoms with E-state index in [9.17, 15) is 4.79 Å². The third-order valence-electron chi connectivity index (χ3n) is 4.23. The second kappa shape index (κ2) is 7.46. The predicted molar refractivity (Wildman–Crippen MR) is 83.7 cm³/mol. The van der Waals surface area contributed by atoms with Crippen LogP contribution in [0.2, 0.25) is 0 Å². The fourth-order valence-corrected chi connectivity index (χ4v) is 2.69. The molecule has 4 nitrogen and oxygen atoms in total. The van der Waals surface area contributed by atoms with Crippen LogP contribution in [0.5, 0.6) is 5.75 Å². The van der Waals surface area contributed by atoms with Gasteiger partial charge in [-0.05, 0) is 32.4 Å². The Morgan fingerprint density at radius 1 is 1.24 bits per heavy atom. The van der Waals surface area contributed by atoms with E-state index in [1.165, 1.54) is 5.56 Å². The summed E-state index contributed by atoms with van der Waals surface area (Å²) in [6, 6.07) is 7.89. The highest BCUT2D eigenvalue weighted by atomic mass is 16.5. The van der Waals surface area contributed by atoms with E-state index in [0.29, 0.717) is 6.42 Å². The second-order valence-corrected chi connectivity index (χ2v) is 5.76. The summed E-state index contributed by atoms with van der Waals surface area (Å²) in [5.41, 5.74) is 1.19. The van der Waals surface area contributed by atoms with Gasteiger partial charge in [0.05, 0.1) is 32.7 Å². The Hall–Kier alpha value is -1.55. The molecule has 1 saturated heterocycles. The number of benzene rings is 1. The van der Waals surface area contributed by atoms with Crippen molar-refractivity contribution in [3.63, 3.8) is 0 Å². The average Bonchev–Trinajstić information content (AvgIpc) is 2.54. The van der Waals surface area contributed by atoms with Crippen LogP contribution in [0, 0.1) is 6.92 Å². The van der Waals surface area contributed by atoms with Gasteiger partial charge in [-0.3, -0.25) is 4.79 Å². The molecular formula is C17H27N2O2+. The lowest BCUT2D eigenvalue weighted by Gasteiger charge is -2.33. The number of hydrogen-bond donors (Lipinski definition) is 1. The first kappa shape index (κ1) is 15.8. The minimum Gasteiger partial charge on any atom is -0.481 e. The number of likely N-dealkylation sites (N-methyl/N-ethyl adjacent to an activating group) is 1. The molecule has 0 bridgehead atoms. The van der Waals surface area contributed by atoms with Crippen LogP contribution in [0.4, 0.5) is 0 Å². The van der Waals surface area contributed by atoms with Crippen LogP contribution < -0.4 is 9.64 Å². The van der Waals surface area contributed by atoms with Crippen LogP contribution in [-0.4, -0.2) is 49.6 Å². The lowest BCUT2D eigenvalue weighted by atomic mass is 10.2. The van der Waals surface area contributed by atoms with Crippen molar-refractivity contribution in [2.45, 2.75) is 33.3 Å². The first-order chi connectivity index (χ1) is 10.1. The van der Waals surface area contributed by atoms with Crippen LogP contribution in [0.1, 0.15) is 25.8 Å². The molecule has 0 aromatic heterocycles. The molecule has 1 aromatic rings. The fraction of sp³-hybridized carbons (Fsp3) is 0.588. The zero-order valence-corrected chi connectivity index (χ0v) is 13.4. The molecule has 0 radical (unpaired) electrons. The van der Waals surface area contributed by atoms with Crippen molar-refractivity contribution in [3.8, 4) is 5.75 Å². The molecular weight excluding hydrogens is 264 g/mol. The number of ether oxygens (including phenoxy) is 1. The molecule has 1 aliphatic rings. The largest absolute Gasteiger partial charge is 0.481 e. The number of carbonyl (C=O) groups excluding carboxylic acids is 1. The fourth-order valence-electron chi connectivity index (χ4n) is 2.69. The first-order valence-electron chi connectivity index (χ1n) is 7.99. The van der Waals surface area contributed by atoms with E-state index >= 15 is 0 Å². The molecule has 0 spiro atoms. The highest BCUT2D eigenvalue weighted by Crippen LogP contribution is 2.16. The molecule has 1 heterocycles. The third-order valence-corrected chi connectivity index (χ3v) is 4.23. The number of amides is 1. The maximum atomic E-state index is 12.6. The summed E-state index contributed by atoms with van der Waals surface area (Å²) in [6.07, 6.45) is 0.337. The quantitative estimate of drug-likeness (QED) is 0.874. The van der Waals surface area contributed by atoms with Crippen molar-refractivity contribution in [2.75, 3.05) is 32.7 Å². The summed E-state index contributed by atoms with van der Waals surface area (Å²) in [5.74, 6) is 0.909. The molecule has 1 aliphatic heterocycles. The standard InChI is InChI=1S/C17H26N2O2/c1-4-16(21-15-8-6-14(3)7-9-15)17(20)19-12-10-18(5-2)11-13-19/h6-9,16H,4-5,10-13H2,1-3H3/p+1/t16-/m0/s1. The van der Waals surface area contributed by atoms with Gasteiger partial charge in [0.2, 0.25) is 0 Å². The summed E-state index contributed by atoms with van der Waals surface area (Å²) in [4.78, 5) is 16.1. The Balaban J connectivity index is 1.94. The molecule has 116 valence electrons. The summed E-state index contributed by atoms with van der Waals surface area (Å²) < 4.78 is 5.89. The number of nitrogens with zero attached hydrogens (tertiary/aromatic N) is 1. The van der Waals surface area contributed by atoms with Gasteiger partial charge in [-0.2, -0.15) is 0 Å². The van der Waals surface area contributed by atoms with Gasteiger partial charge in [0, 0.05) is 0 Å². The highest BCUT2D eigenvalue weighted by Gasteiger charge is 2.28. The minimum absolute atomic E-state index is 0.133. The number of carbonyl (C=O) groups is 1. The number of piperazine rings is 1. The van der Waals surface area contributed by atoms with E-state index < -0.39 is 0 Å². The van der Waals surface area contributed by atoms with E-state index in [-0.39, 0.29) is 12.0 Å². The smallest absolute Gasteiger partial charge is 0.264 e. The molecule has 0 saturated carbocycles. The number of nitrogens with one attached hydrogen (secondary N) is 1. The topological polar surface area (TPSA) is 34.0 Å². The summed E-state index contributed by atoms with van der Waals surface area (Å²) in [7, 11) is 0. The van der Waals surface area contributed by atoms with Crippen molar-refractivity contribution >= 4 is 5.91 Å². The number of hydrogen-bond acceptors (Lipinski definition) is 2. The summed E-state index contributed by atoms with van der Waals surface area (Å²) >= 11 is 0. The lowest BCUT2D eigenvalue weighted by molar-refractivity contribution is -0.902. The third kappa shape index (κ3) is 4.21. The lowest BCUT2D eigenvalue weighted by Crippen LogP contribution is -3.14. The molecule has 4 heteroatoms. The Bertz CT molecular complexity index is 450. The zero-order valence-electron chi connectivity index (χ0n) is 13.4. The van der Waals surface area contributed by atoms with Gasteiger partial charge in [0.25, 0.3) is 5.91 Å². The maximum absolute atomic E-state index is 12.6. The molecule has 21 heavy (non-hydrogen) atoms. The van der Waals surface area contributed by atoms with E-state index in [1.54, 1.807) is 4.90 Å². The van der Waals surface area contributed by atoms with E-state index in [1.807, 2.05) is 43.0 Å². The molecule has 0 unspecified atom stereocenters. The first-order valence-corrected chi connectivity index (χ1v) is 7.99. The van der Waals surface area contributed by atoms with Crippen LogP contribution in [0.15, 0.2) is 24.3 Å². The Labute approximate surface area is 127 Å². The Morgan fingerprint density at radius 2 is 1.86 bits per heavy atom. The molecule has 1 N–H and O–H groups in total. The summed E-state index contributed by atoms with van der Waals surface area (Å²) in [6.45, 7) is 11.2. The van der Waals surface area contributed by atoms with Gasteiger partial charge < -0.3 is 14.5 Å². The van der Waals surface area contributed by atoms with Crippen LogP contribution in [-0.2, 0) is 4.79 Å². The molecule has 1 atom stereocenters. The normalized spacial score (nSPS) is 17.6. The van der Waals surface area contributed by atoms with Gasteiger partial charge in [0.1, 0.15) is 5.75 Å². The van der Waals surface area contributed by atoms with Crippen molar-refractivity contribution < 1.29 is 14.4 Å². The van der Waals surface area contributed by atoms with Crippen molar-refractivity contribution in [2.24, 2.45) is 0 Å². The Morgan fingerprint density at radius 3 is 2.38 bits per heavy atom. The predicted octanol–water partition coefficient (Wildman–Crippen LogP) is 0.899. The van der Waals surface area contributed by atoms with Crippen LogP contribution in [0.3, 0.4) is 0 Å². The average molecular weight is 291 g/mol. The molecule has 1 fully saturated rings. The number of aryl methyl sites for hydroxylation is 1. The minimum atomic E-state index is -0.365. The van der Waals surface area contributed by atoms with Gasteiger partial charge >= 0.3 is 0 Å².